The summed E-state index contributed by atoms with van der Waals surface area (Å²) in [5, 5.41) is 9.61. The molecule has 0 bridgehead atoms. The van der Waals surface area contributed by atoms with Gasteiger partial charge in [0, 0.05) is 18.1 Å². The number of benzene rings is 1. The third kappa shape index (κ3) is 4.02. The SMILES string of the molecule is CC(C#N)C1N(C(=O)OC(C)(C)C)CC(C)N1C(C)(C)c1ccccc1. The molecule has 0 aliphatic carbocycles. The zero-order chi connectivity index (χ0) is 19.7. The molecule has 2 rings (SSSR count). The van der Waals surface area contributed by atoms with Crippen LogP contribution in [0.4, 0.5) is 4.79 Å². The molecule has 142 valence electrons. The van der Waals surface area contributed by atoms with Crippen LogP contribution in [0.3, 0.4) is 0 Å². The van der Waals surface area contributed by atoms with Gasteiger partial charge >= 0.3 is 6.09 Å². The number of carbonyl (C=O) groups is 1. The molecule has 1 aromatic carbocycles. The first-order chi connectivity index (χ1) is 12.0. The lowest BCUT2D eigenvalue weighted by Crippen LogP contribution is -2.54. The molecule has 5 nitrogen and oxygen atoms in total. The molecule has 3 unspecified atom stereocenters. The van der Waals surface area contributed by atoms with Gasteiger partial charge in [-0.05, 0) is 54.0 Å². The van der Waals surface area contributed by atoms with E-state index in [9.17, 15) is 10.1 Å². The topological polar surface area (TPSA) is 56.6 Å². The molecule has 1 amide bonds. The average Bonchev–Trinajstić information content (AvgIpc) is 2.91. The van der Waals surface area contributed by atoms with Crippen molar-refractivity contribution >= 4 is 6.09 Å². The lowest BCUT2D eigenvalue weighted by molar-refractivity contribution is -0.0143. The number of nitrogens with zero attached hydrogens (tertiary/aromatic N) is 3. The first-order valence-corrected chi connectivity index (χ1v) is 9.22. The van der Waals surface area contributed by atoms with Crippen LogP contribution >= 0.6 is 0 Å². The monoisotopic (exact) mass is 357 g/mol. The van der Waals surface area contributed by atoms with Gasteiger partial charge in [-0.1, -0.05) is 30.3 Å². The minimum atomic E-state index is -0.566. The largest absolute Gasteiger partial charge is 0.444 e. The van der Waals surface area contributed by atoms with Crippen LogP contribution in [0.1, 0.15) is 54.0 Å². The van der Waals surface area contributed by atoms with Gasteiger partial charge in [-0.15, -0.1) is 0 Å². The summed E-state index contributed by atoms with van der Waals surface area (Å²) >= 11 is 0. The van der Waals surface area contributed by atoms with Gasteiger partial charge < -0.3 is 4.74 Å². The van der Waals surface area contributed by atoms with E-state index in [0.717, 1.165) is 5.56 Å². The minimum absolute atomic E-state index is 0.110. The molecule has 0 saturated carbocycles. The molecule has 26 heavy (non-hydrogen) atoms. The van der Waals surface area contributed by atoms with Gasteiger partial charge in [-0.2, -0.15) is 5.26 Å². The van der Waals surface area contributed by atoms with E-state index >= 15 is 0 Å². The third-order valence-corrected chi connectivity index (χ3v) is 4.94. The summed E-state index contributed by atoms with van der Waals surface area (Å²) in [6.07, 6.45) is -0.692. The van der Waals surface area contributed by atoms with Gasteiger partial charge in [0.2, 0.25) is 0 Å². The van der Waals surface area contributed by atoms with Gasteiger partial charge in [0.05, 0.1) is 12.0 Å². The van der Waals surface area contributed by atoms with Crippen molar-refractivity contribution in [2.45, 2.75) is 71.8 Å². The van der Waals surface area contributed by atoms with Crippen molar-refractivity contribution in [1.29, 1.82) is 5.26 Å². The Kier molecular flexibility index (Phi) is 5.67. The molecule has 5 heteroatoms. The molecule has 0 spiro atoms. The maximum atomic E-state index is 12.8. The summed E-state index contributed by atoms with van der Waals surface area (Å²) in [4.78, 5) is 16.8. The summed E-state index contributed by atoms with van der Waals surface area (Å²) in [6, 6.07) is 12.7. The minimum Gasteiger partial charge on any atom is -0.444 e. The molecule has 1 heterocycles. The molecule has 1 saturated heterocycles. The van der Waals surface area contributed by atoms with E-state index in [4.69, 9.17) is 4.74 Å². The van der Waals surface area contributed by atoms with Crippen LogP contribution in [-0.4, -0.2) is 40.2 Å². The van der Waals surface area contributed by atoms with Crippen LogP contribution in [0.5, 0.6) is 0 Å². The highest BCUT2D eigenvalue weighted by Crippen LogP contribution is 2.39. The number of hydrogen-bond donors (Lipinski definition) is 0. The highest BCUT2D eigenvalue weighted by atomic mass is 16.6. The molecule has 1 aliphatic heterocycles. The summed E-state index contributed by atoms with van der Waals surface area (Å²) in [5.41, 5.74) is 0.268. The number of nitriles is 1. The van der Waals surface area contributed by atoms with Crippen molar-refractivity contribution in [3.05, 3.63) is 35.9 Å². The van der Waals surface area contributed by atoms with E-state index in [-0.39, 0.29) is 29.8 Å². The second-order valence-electron chi connectivity index (χ2n) is 8.65. The van der Waals surface area contributed by atoms with Crippen molar-refractivity contribution in [2.24, 2.45) is 5.92 Å². The molecule has 0 aromatic heterocycles. The van der Waals surface area contributed by atoms with E-state index in [1.165, 1.54) is 0 Å². The third-order valence-electron chi connectivity index (χ3n) is 4.94. The summed E-state index contributed by atoms with van der Waals surface area (Å²) in [6.45, 7) is 14.4. The van der Waals surface area contributed by atoms with Crippen LogP contribution in [0, 0.1) is 17.2 Å². The highest BCUT2D eigenvalue weighted by molar-refractivity contribution is 5.69. The second kappa shape index (κ2) is 7.28. The van der Waals surface area contributed by atoms with Crippen LogP contribution < -0.4 is 0 Å². The molecule has 1 fully saturated rings. The fourth-order valence-electron chi connectivity index (χ4n) is 3.85. The van der Waals surface area contributed by atoms with Gasteiger partial charge in [0.1, 0.15) is 11.8 Å². The van der Waals surface area contributed by atoms with E-state index in [2.05, 4.69) is 43.9 Å². The van der Waals surface area contributed by atoms with Crippen molar-refractivity contribution in [2.75, 3.05) is 6.54 Å². The Bertz CT molecular complexity index is 673. The molecular weight excluding hydrogens is 326 g/mol. The first-order valence-electron chi connectivity index (χ1n) is 9.22. The molecule has 0 N–H and O–H groups in total. The highest BCUT2D eigenvalue weighted by Gasteiger charge is 2.50. The van der Waals surface area contributed by atoms with Crippen molar-refractivity contribution in [3.8, 4) is 6.07 Å². The van der Waals surface area contributed by atoms with Crippen molar-refractivity contribution < 1.29 is 9.53 Å². The predicted octanol–water partition coefficient (Wildman–Crippen LogP) is 4.35. The number of amides is 1. The molecular formula is C21H31N3O2. The second-order valence-corrected chi connectivity index (χ2v) is 8.65. The zero-order valence-electron chi connectivity index (χ0n) is 17.0. The first kappa shape index (κ1) is 20.3. The van der Waals surface area contributed by atoms with E-state index in [0.29, 0.717) is 6.54 Å². The Morgan fingerprint density at radius 3 is 2.31 bits per heavy atom. The van der Waals surface area contributed by atoms with Crippen LogP contribution in [0.25, 0.3) is 0 Å². The summed E-state index contributed by atoms with van der Waals surface area (Å²) < 4.78 is 5.61. The zero-order valence-corrected chi connectivity index (χ0v) is 17.0. The van der Waals surface area contributed by atoms with Gasteiger partial charge in [0.15, 0.2) is 0 Å². The Balaban J connectivity index is 2.42. The number of rotatable bonds is 3. The molecule has 3 atom stereocenters. The Labute approximate surface area is 157 Å². The predicted molar refractivity (Wildman–Crippen MR) is 102 cm³/mol. The number of hydrogen-bond acceptors (Lipinski definition) is 4. The van der Waals surface area contributed by atoms with Crippen LogP contribution in [-0.2, 0) is 10.3 Å². The van der Waals surface area contributed by atoms with Gasteiger partial charge in [-0.3, -0.25) is 9.80 Å². The lowest BCUT2D eigenvalue weighted by Gasteiger charge is -2.44. The Hall–Kier alpha value is -2.06. The number of ether oxygens (including phenoxy) is 1. The smallest absolute Gasteiger partial charge is 0.411 e. The maximum absolute atomic E-state index is 12.8. The van der Waals surface area contributed by atoms with Gasteiger partial charge in [-0.25, -0.2) is 4.79 Å². The Morgan fingerprint density at radius 2 is 1.81 bits per heavy atom. The fourth-order valence-corrected chi connectivity index (χ4v) is 3.85. The standard InChI is InChI=1S/C21H31N3O2/c1-15(13-22)18-23(19(25)26-20(3,4)5)14-16(2)24(18)21(6,7)17-11-9-8-10-12-17/h8-12,15-16,18H,14H2,1-7H3. The molecule has 1 aromatic rings. The normalized spacial score (nSPS) is 22.8. The van der Waals surface area contributed by atoms with E-state index in [1.807, 2.05) is 45.9 Å². The van der Waals surface area contributed by atoms with E-state index in [1.54, 1.807) is 4.90 Å². The lowest BCUT2D eigenvalue weighted by atomic mass is 9.89. The van der Waals surface area contributed by atoms with Crippen molar-refractivity contribution in [1.82, 2.24) is 9.80 Å². The Morgan fingerprint density at radius 1 is 1.23 bits per heavy atom. The van der Waals surface area contributed by atoms with Gasteiger partial charge in [0.25, 0.3) is 0 Å². The quantitative estimate of drug-likeness (QED) is 0.807. The number of carbonyl (C=O) groups excluding carboxylic acids is 1. The van der Waals surface area contributed by atoms with Crippen LogP contribution in [0.2, 0.25) is 0 Å². The molecule has 0 radical (unpaired) electrons. The summed E-state index contributed by atoms with van der Waals surface area (Å²) in [5.74, 6) is -0.338. The average molecular weight is 357 g/mol. The van der Waals surface area contributed by atoms with Crippen molar-refractivity contribution in [3.63, 3.8) is 0 Å². The van der Waals surface area contributed by atoms with Crippen LogP contribution in [0.15, 0.2) is 30.3 Å². The maximum Gasteiger partial charge on any atom is 0.411 e. The molecule has 1 aliphatic rings. The van der Waals surface area contributed by atoms with E-state index < -0.39 is 5.60 Å². The fraction of sp³-hybridized carbons (Fsp3) is 0.619. The summed E-state index contributed by atoms with van der Waals surface area (Å²) in [7, 11) is 0.